The third-order valence-electron chi connectivity index (χ3n) is 4.89. The van der Waals surface area contributed by atoms with Gasteiger partial charge in [0, 0.05) is 19.3 Å². The summed E-state index contributed by atoms with van der Waals surface area (Å²) in [5.41, 5.74) is 3.09. The molecule has 0 aromatic carbocycles. The van der Waals surface area contributed by atoms with Crippen molar-refractivity contribution >= 4 is 0 Å². The molecule has 20 heavy (non-hydrogen) atoms. The predicted molar refractivity (Wildman–Crippen MR) is 81.8 cm³/mol. The molecule has 0 amide bonds. The van der Waals surface area contributed by atoms with Crippen molar-refractivity contribution in [1.29, 1.82) is 0 Å². The van der Waals surface area contributed by atoms with Crippen LogP contribution in [0.2, 0.25) is 0 Å². The van der Waals surface area contributed by atoms with Crippen molar-refractivity contribution in [3.63, 3.8) is 0 Å². The van der Waals surface area contributed by atoms with Gasteiger partial charge in [0.25, 0.3) is 0 Å². The third kappa shape index (κ3) is 3.61. The number of aromatic amines is 1. The van der Waals surface area contributed by atoms with Crippen LogP contribution in [0.15, 0.2) is 0 Å². The zero-order chi connectivity index (χ0) is 14.6. The van der Waals surface area contributed by atoms with E-state index in [1.807, 2.05) is 0 Å². The minimum atomic E-state index is 0.430. The van der Waals surface area contributed by atoms with Gasteiger partial charge in [0.1, 0.15) is 5.82 Å². The summed E-state index contributed by atoms with van der Waals surface area (Å²) in [4.78, 5) is 8.25. The molecule has 1 atom stereocenters. The molecule has 2 rings (SSSR count). The summed E-state index contributed by atoms with van der Waals surface area (Å²) in [5, 5.41) is 3.35. The van der Waals surface area contributed by atoms with Crippen LogP contribution >= 0.6 is 0 Å². The molecule has 0 fully saturated rings. The van der Waals surface area contributed by atoms with Gasteiger partial charge in [-0.25, -0.2) is 4.98 Å². The molecule has 0 aliphatic heterocycles. The quantitative estimate of drug-likeness (QED) is 0.755. The average molecular weight is 279 g/mol. The topological polar surface area (TPSA) is 49.9 Å². The number of aromatic nitrogens is 2. The lowest BCUT2D eigenvalue weighted by Crippen LogP contribution is -2.29. The van der Waals surface area contributed by atoms with Crippen LogP contribution < -0.4 is 5.32 Å². The monoisotopic (exact) mass is 279 g/mol. The van der Waals surface area contributed by atoms with E-state index in [-0.39, 0.29) is 0 Å². The van der Waals surface area contributed by atoms with Gasteiger partial charge in [-0.3, -0.25) is 0 Å². The van der Waals surface area contributed by atoms with Gasteiger partial charge in [-0.15, -0.1) is 0 Å². The Morgan fingerprint density at radius 3 is 2.95 bits per heavy atom. The maximum Gasteiger partial charge on any atom is 0.120 e. The lowest BCUT2D eigenvalue weighted by Gasteiger charge is -2.35. The summed E-state index contributed by atoms with van der Waals surface area (Å²) < 4.78 is 5.03. The maximum absolute atomic E-state index is 5.03. The minimum Gasteiger partial charge on any atom is -0.383 e. The molecule has 1 heterocycles. The number of nitrogens with one attached hydrogen (secondary N) is 2. The average Bonchev–Trinajstić information content (AvgIpc) is 2.85. The molecule has 1 aromatic rings. The number of imidazole rings is 1. The standard InChI is InChI=1S/C16H29N3O/c1-5-16(2,3)12-6-7-13-14(10-12)19-15(18-13)11-17-8-9-20-4/h12,17H,5-11H2,1-4H3,(H,18,19). The number of hydrogen-bond acceptors (Lipinski definition) is 3. The molecule has 1 unspecified atom stereocenters. The molecule has 0 radical (unpaired) electrons. The second kappa shape index (κ2) is 6.72. The fourth-order valence-electron chi connectivity index (χ4n) is 2.96. The fraction of sp³-hybridized carbons (Fsp3) is 0.812. The van der Waals surface area contributed by atoms with Crippen molar-refractivity contribution in [2.75, 3.05) is 20.3 Å². The van der Waals surface area contributed by atoms with E-state index >= 15 is 0 Å². The van der Waals surface area contributed by atoms with E-state index in [4.69, 9.17) is 9.72 Å². The molecule has 114 valence electrons. The van der Waals surface area contributed by atoms with E-state index in [1.165, 1.54) is 24.2 Å². The first-order valence-corrected chi connectivity index (χ1v) is 7.83. The Kier molecular flexibility index (Phi) is 5.22. The summed E-state index contributed by atoms with van der Waals surface area (Å²) in [6.07, 6.45) is 4.79. The summed E-state index contributed by atoms with van der Waals surface area (Å²) in [6.45, 7) is 9.50. The van der Waals surface area contributed by atoms with Gasteiger partial charge < -0.3 is 15.0 Å². The largest absolute Gasteiger partial charge is 0.383 e. The van der Waals surface area contributed by atoms with Gasteiger partial charge in [-0.1, -0.05) is 27.2 Å². The lowest BCUT2D eigenvalue weighted by atomic mass is 9.70. The predicted octanol–water partition coefficient (Wildman–Crippen LogP) is 2.69. The van der Waals surface area contributed by atoms with Crippen molar-refractivity contribution in [2.45, 2.75) is 53.0 Å². The Morgan fingerprint density at radius 2 is 2.25 bits per heavy atom. The summed E-state index contributed by atoms with van der Waals surface area (Å²) in [5.74, 6) is 1.84. The molecule has 1 aliphatic rings. The molecule has 0 spiro atoms. The Bertz CT molecular complexity index is 425. The Labute approximate surface area is 122 Å². The van der Waals surface area contributed by atoms with Crippen LogP contribution in [0.25, 0.3) is 0 Å². The molecule has 0 saturated heterocycles. The second-order valence-corrected chi connectivity index (χ2v) is 6.56. The van der Waals surface area contributed by atoms with Crippen molar-refractivity contribution in [1.82, 2.24) is 15.3 Å². The van der Waals surface area contributed by atoms with E-state index in [1.54, 1.807) is 7.11 Å². The number of H-pyrrole nitrogens is 1. The molecule has 0 bridgehead atoms. The van der Waals surface area contributed by atoms with E-state index < -0.39 is 0 Å². The molecule has 4 heteroatoms. The van der Waals surface area contributed by atoms with Gasteiger partial charge in [-0.05, 0) is 30.6 Å². The van der Waals surface area contributed by atoms with Crippen LogP contribution in [-0.2, 0) is 24.1 Å². The van der Waals surface area contributed by atoms with E-state index in [0.29, 0.717) is 5.41 Å². The van der Waals surface area contributed by atoms with Gasteiger partial charge >= 0.3 is 0 Å². The van der Waals surface area contributed by atoms with Crippen molar-refractivity contribution in [2.24, 2.45) is 11.3 Å². The number of rotatable bonds is 7. The summed E-state index contributed by atoms with van der Waals surface area (Å²) >= 11 is 0. The number of fused-ring (bicyclic) bond motifs is 1. The van der Waals surface area contributed by atoms with Crippen molar-refractivity contribution in [3.05, 3.63) is 17.2 Å². The van der Waals surface area contributed by atoms with E-state index in [0.717, 1.165) is 44.3 Å². The van der Waals surface area contributed by atoms with E-state index in [2.05, 4.69) is 31.1 Å². The number of hydrogen-bond donors (Lipinski definition) is 2. The van der Waals surface area contributed by atoms with Crippen molar-refractivity contribution in [3.8, 4) is 0 Å². The van der Waals surface area contributed by atoms with Gasteiger partial charge in [0.2, 0.25) is 0 Å². The van der Waals surface area contributed by atoms with Crippen LogP contribution in [-0.4, -0.2) is 30.2 Å². The van der Waals surface area contributed by atoms with Gasteiger partial charge in [-0.2, -0.15) is 0 Å². The highest BCUT2D eigenvalue weighted by molar-refractivity contribution is 5.19. The zero-order valence-electron chi connectivity index (χ0n) is 13.4. The molecular weight excluding hydrogens is 250 g/mol. The molecule has 4 nitrogen and oxygen atoms in total. The molecule has 0 saturated carbocycles. The van der Waals surface area contributed by atoms with E-state index in [9.17, 15) is 0 Å². The zero-order valence-corrected chi connectivity index (χ0v) is 13.4. The van der Waals surface area contributed by atoms with Gasteiger partial charge in [0.05, 0.1) is 18.8 Å². The number of aryl methyl sites for hydroxylation is 1. The lowest BCUT2D eigenvalue weighted by molar-refractivity contribution is 0.181. The Balaban J connectivity index is 1.94. The highest BCUT2D eigenvalue weighted by Gasteiger charge is 2.32. The third-order valence-corrected chi connectivity index (χ3v) is 4.89. The summed E-state index contributed by atoms with van der Waals surface area (Å²) in [7, 11) is 1.73. The molecule has 2 N–H and O–H groups in total. The van der Waals surface area contributed by atoms with Crippen molar-refractivity contribution < 1.29 is 4.74 Å². The SMILES string of the molecule is CCC(C)(C)C1CCc2nc(CNCCOC)[nH]c2C1. The second-order valence-electron chi connectivity index (χ2n) is 6.56. The first-order valence-electron chi connectivity index (χ1n) is 7.83. The molecule has 1 aliphatic carbocycles. The summed E-state index contributed by atoms with van der Waals surface area (Å²) in [6, 6.07) is 0. The number of ether oxygens (including phenoxy) is 1. The maximum atomic E-state index is 5.03. The minimum absolute atomic E-state index is 0.430. The highest BCUT2D eigenvalue weighted by atomic mass is 16.5. The van der Waals surface area contributed by atoms with Crippen LogP contribution in [0.1, 0.15) is 50.8 Å². The van der Waals surface area contributed by atoms with Crippen LogP contribution in [0, 0.1) is 11.3 Å². The normalized spacial score (nSPS) is 19.1. The Hall–Kier alpha value is -0.870. The fourth-order valence-corrected chi connectivity index (χ4v) is 2.96. The first kappa shape index (κ1) is 15.5. The van der Waals surface area contributed by atoms with Crippen LogP contribution in [0.5, 0.6) is 0 Å². The molecular formula is C16H29N3O. The number of nitrogens with zero attached hydrogens (tertiary/aromatic N) is 1. The first-order chi connectivity index (χ1) is 9.56. The number of methoxy groups -OCH3 is 1. The molecule has 1 aromatic heterocycles. The Morgan fingerprint density at radius 1 is 1.45 bits per heavy atom. The smallest absolute Gasteiger partial charge is 0.120 e. The van der Waals surface area contributed by atoms with Crippen LogP contribution in [0.4, 0.5) is 0 Å². The van der Waals surface area contributed by atoms with Gasteiger partial charge in [0.15, 0.2) is 0 Å². The highest BCUT2D eigenvalue weighted by Crippen LogP contribution is 2.39. The van der Waals surface area contributed by atoms with Crippen LogP contribution in [0.3, 0.4) is 0 Å².